The molecule has 29 heavy (non-hydrogen) atoms. The molecule has 0 atom stereocenters. The van der Waals surface area contributed by atoms with Gasteiger partial charge in [-0.3, -0.25) is 4.99 Å². The third kappa shape index (κ3) is 5.55. The van der Waals surface area contributed by atoms with Crippen LogP contribution in [0.15, 0.2) is 53.5 Å². The van der Waals surface area contributed by atoms with Crippen LogP contribution in [0.1, 0.15) is 29.5 Å². The van der Waals surface area contributed by atoms with E-state index in [1.54, 1.807) is 25.2 Å². The number of rotatable bonds is 8. The van der Waals surface area contributed by atoms with Crippen molar-refractivity contribution in [2.45, 2.75) is 30.6 Å². The monoisotopic (exact) mass is 418 g/mol. The summed E-state index contributed by atoms with van der Waals surface area (Å²) in [5.41, 5.74) is 2.33. The Morgan fingerprint density at radius 1 is 1.07 bits per heavy atom. The number of nitrogens with one attached hydrogen (secondary N) is 3. The summed E-state index contributed by atoms with van der Waals surface area (Å²) in [7, 11) is -0.173. The first kappa shape index (κ1) is 21.3. The zero-order valence-electron chi connectivity index (χ0n) is 16.7. The van der Waals surface area contributed by atoms with E-state index in [-0.39, 0.29) is 17.0 Å². The lowest BCUT2D eigenvalue weighted by atomic mass is 9.95. The fourth-order valence-electron chi connectivity index (χ4n) is 3.29. The highest BCUT2D eigenvalue weighted by atomic mass is 32.2. The van der Waals surface area contributed by atoms with E-state index in [0.717, 1.165) is 29.5 Å². The normalized spacial score (nSPS) is 15.8. The second-order valence-electron chi connectivity index (χ2n) is 7.32. The largest absolute Gasteiger partial charge is 0.356 e. The minimum Gasteiger partial charge on any atom is -0.356 e. The minimum absolute atomic E-state index is 0.0431. The lowest BCUT2D eigenvalue weighted by Crippen LogP contribution is -2.41. The van der Waals surface area contributed by atoms with Crippen molar-refractivity contribution in [3.05, 3.63) is 71.0 Å². The topological polar surface area (TPSA) is 82.6 Å². The summed E-state index contributed by atoms with van der Waals surface area (Å²) in [6.07, 6.45) is 1.91. The van der Waals surface area contributed by atoms with Crippen LogP contribution in [0.25, 0.3) is 0 Å². The van der Waals surface area contributed by atoms with Crippen molar-refractivity contribution in [3.63, 3.8) is 0 Å². The molecule has 0 unspecified atom stereocenters. The maximum Gasteiger partial charge on any atom is 0.215 e. The average molecular weight is 419 g/mol. The van der Waals surface area contributed by atoms with Crippen LogP contribution >= 0.6 is 0 Å². The van der Waals surface area contributed by atoms with Crippen LogP contribution in [-0.2, 0) is 27.7 Å². The molecule has 3 N–H and O–H groups in total. The average Bonchev–Trinajstić information content (AvgIpc) is 3.50. The molecule has 0 amide bonds. The highest BCUT2D eigenvalue weighted by Crippen LogP contribution is 2.48. The van der Waals surface area contributed by atoms with Gasteiger partial charge in [-0.15, -0.1) is 0 Å². The van der Waals surface area contributed by atoms with Crippen LogP contribution in [0.4, 0.5) is 4.39 Å². The molecule has 1 saturated carbocycles. The molecule has 0 radical (unpaired) electrons. The van der Waals surface area contributed by atoms with Crippen LogP contribution in [-0.4, -0.2) is 35.0 Å². The third-order valence-corrected chi connectivity index (χ3v) is 6.60. The standard InChI is InChI=1S/C21H27FN4O2S/c1-23-20(26-15-21(11-12-21)18-5-3-4-6-19(18)22)25-13-16-7-9-17(10-8-16)14-29(27,28)24-2/h3-10,24H,11-15H2,1-2H3,(H2,23,25,26). The summed E-state index contributed by atoms with van der Waals surface area (Å²) in [4.78, 5) is 4.24. The molecular weight excluding hydrogens is 391 g/mol. The van der Waals surface area contributed by atoms with Gasteiger partial charge in [0.25, 0.3) is 0 Å². The van der Waals surface area contributed by atoms with Gasteiger partial charge in [0, 0.05) is 25.6 Å². The number of hydrogen-bond donors (Lipinski definition) is 3. The molecule has 1 aliphatic rings. The molecule has 0 aliphatic heterocycles. The number of hydrogen-bond acceptors (Lipinski definition) is 3. The molecule has 8 heteroatoms. The molecule has 2 aromatic carbocycles. The van der Waals surface area contributed by atoms with E-state index in [4.69, 9.17) is 0 Å². The van der Waals surface area contributed by atoms with Crippen LogP contribution < -0.4 is 15.4 Å². The molecule has 0 aromatic heterocycles. The summed E-state index contributed by atoms with van der Waals surface area (Å²) in [5.74, 6) is 0.447. The molecule has 0 spiro atoms. The van der Waals surface area contributed by atoms with Gasteiger partial charge in [-0.2, -0.15) is 0 Å². The molecule has 6 nitrogen and oxygen atoms in total. The maximum atomic E-state index is 14.1. The van der Waals surface area contributed by atoms with Crippen molar-refractivity contribution in [2.24, 2.45) is 4.99 Å². The van der Waals surface area contributed by atoms with Gasteiger partial charge in [-0.25, -0.2) is 17.5 Å². The van der Waals surface area contributed by atoms with E-state index in [2.05, 4.69) is 20.3 Å². The van der Waals surface area contributed by atoms with Gasteiger partial charge in [-0.1, -0.05) is 42.5 Å². The number of sulfonamides is 1. The molecule has 1 aliphatic carbocycles. The Kier molecular flexibility index (Phi) is 6.54. The van der Waals surface area contributed by atoms with Crippen molar-refractivity contribution in [1.29, 1.82) is 0 Å². The molecule has 0 bridgehead atoms. The zero-order chi connectivity index (χ0) is 20.9. The fraction of sp³-hybridized carbons (Fsp3) is 0.381. The Hall–Kier alpha value is -2.45. The highest BCUT2D eigenvalue weighted by Gasteiger charge is 2.45. The molecule has 156 valence electrons. The second-order valence-corrected chi connectivity index (χ2v) is 9.25. The minimum atomic E-state index is -3.28. The Balaban J connectivity index is 1.53. The number of benzene rings is 2. The van der Waals surface area contributed by atoms with E-state index in [0.29, 0.717) is 19.0 Å². The van der Waals surface area contributed by atoms with Crippen LogP contribution in [0.3, 0.4) is 0 Å². The van der Waals surface area contributed by atoms with Crippen molar-refractivity contribution in [3.8, 4) is 0 Å². The quantitative estimate of drug-likeness (QED) is 0.454. The first-order valence-corrected chi connectivity index (χ1v) is 11.2. The van der Waals surface area contributed by atoms with Gasteiger partial charge in [0.2, 0.25) is 10.0 Å². The van der Waals surface area contributed by atoms with E-state index in [1.807, 2.05) is 24.3 Å². The Labute approximate surface area is 171 Å². The van der Waals surface area contributed by atoms with Crippen molar-refractivity contribution in [1.82, 2.24) is 15.4 Å². The summed E-state index contributed by atoms with van der Waals surface area (Å²) >= 11 is 0. The first-order valence-electron chi connectivity index (χ1n) is 9.56. The van der Waals surface area contributed by atoms with E-state index in [1.165, 1.54) is 13.1 Å². The number of halogens is 1. The molecular formula is C21H27FN4O2S. The van der Waals surface area contributed by atoms with E-state index < -0.39 is 10.0 Å². The van der Waals surface area contributed by atoms with Crippen molar-refractivity contribution in [2.75, 3.05) is 20.6 Å². The molecule has 0 saturated heterocycles. The Morgan fingerprint density at radius 2 is 1.72 bits per heavy atom. The maximum absolute atomic E-state index is 14.1. The summed E-state index contributed by atoms with van der Waals surface area (Å²) in [6.45, 7) is 1.17. The predicted octanol–water partition coefficient (Wildman–Crippen LogP) is 2.27. The van der Waals surface area contributed by atoms with Gasteiger partial charge < -0.3 is 10.6 Å². The molecule has 1 fully saturated rings. The van der Waals surface area contributed by atoms with Crippen molar-refractivity contribution < 1.29 is 12.8 Å². The number of aliphatic imine (C=N–C) groups is 1. The Morgan fingerprint density at radius 3 is 2.31 bits per heavy atom. The molecule has 3 rings (SSSR count). The van der Waals surface area contributed by atoms with Crippen LogP contribution in [0.2, 0.25) is 0 Å². The highest BCUT2D eigenvalue weighted by molar-refractivity contribution is 7.88. The Bertz CT molecular complexity index is 970. The van der Waals surface area contributed by atoms with E-state index in [9.17, 15) is 12.8 Å². The van der Waals surface area contributed by atoms with Gasteiger partial charge in [0.15, 0.2) is 5.96 Å². The zero-order valence-corrected chi connectivity index (χ0v) is 17.5. The van der Waals surface area contributed by atoms with Crippen LogP contribution in [0, 0.1) is 5.82 Å². The van der Waals surface area contributed by atoms with Crippen LogP contribution in [0.5, 0.6) is 0 Å². The van der Waals surface area contributed by atoms with Gasteiger partial charge in [-0.05, 0) is 42.6 Å². The van der Waals surface area contributed by atoms with Gasteiger partial charge in [0.05, 0.1) is 5.75 Å². The summed E-state index contributed by atoms with van der Waals surface area (Å²) in [6, 6.07) is 14.3. The summed E-state index contributed by atoms with van der Waals surface area (Å²) < 4.78 is 39.7. The predicted molar refractivity (Wildman–Crippen MR) is 114 cm³/mol. The molecule has 0 heterocycles. The van der Waals surface area contributed by atoms with Crippen molar-refractivity contribution >= 4 is 16.0 Å². The fourth-order valence-corrected chi connectivity index (χ4v) is 4.06. The second kappa shape index (κ2) is 8.92. The van der Waals surface area contributed by atoms with Gasteiger partial charge >= 0.3 is 0 Å². The van der Waals surface area contributed by atoms with Gasteiger partial charge in [0.1, 0.15) is 5.82 Å². The molecule has 2 aromatic rings. The first-order chi connectivity index (χ1) is 13.9. The SMILES string of the molecule is CN=C(NCc1ccc(CS(=O)(=O)NC)cc1)NCC1(c2ccccc2F)CC1. The summed E-state index contributed by atoms with van der Waals surface area (Å²) in [5, 5.41) is 6.55. The lowest BCUT2D eigenvalue weighted by molar-refractivity contribution is 0.559. The number of guanidine groups is 1. The number of nitrogens with zero attached hydrogens (tertiary/aromatic N) is 1. The van der Waals surface area contributed by atoms with E-state index >= 15 is 0 Å². The smallest absolute Gasteiger partial charge is 0.215 e. The third-order valence-electron chi connectivity index (χ3n) is 5.27. The lowest BCUT2D eigenvalue weighted by Gasteiger charge is -2.19.